The van der Waals surface area contributed by atoms with Crippen molar-refractivity contribution in [3.05, 3.63) is 0 Å². The molecule has 0 fully saturated rings. The van der Waals surface area contributed by atoms with Crippen LogP contribution in [0.1, 0.15) is 27.2 Å². The Balaban J connectivity index is 4.08. The highest BCUT2D eigenvalue weighted by Crippen LogP contribution is 2.17. The largest absolute Gasteiger partial charge is 0.500 e. The predicted molar refractivity (Wildman–Crippen MR) is 83.0 cm³/mol. The lowest BCUT2D eigenvalue weighted by atomic mass is 10.5. The first-order valence-electron chi connectivity index (χ1n) is 7.07. The zero-order chi connectivity index (χ0) is 15.3. The van der Waals surface area contributed by atoms with E-state index in [-0.39, 0.29) is 11.8 Å². The quantitative estimate of drug-likeness (QED) is 0.421. The highest BCUT2D eigenvalue weighted by molar-refractivity contribution is 8.13. The molecule has 0 bridgehead atoms. The molecule has 0 spiro atoms. The van der Waals surface area contributed by atoms with Gasteiger partial charge in [-0.05, 0) is 27.2 Å². The highest BCUT2D eigenvalue weighted by atomic mass is 32.2. The fraction of sp³-hybridized carbons (Fsp3) is 0.917. The van der Waals surface area contributed by atoms with Crippen molar-refractivity contribution in [3.8, 4) is 0 Å². The Kier molecular flexibility index (Phi) is 12.5. The number of nitrogens with one attached hydrogen (secondary N) is 1. The van der Waals surface area contributed by atoms with Gasteiger partial charge < -0.3 is 23.7 Å². The van der Waals surface area contributed by atoms with Gasteiger partial charge in [0.1, 0.15) is 0 Å². The van der Waals surface area contributed by atoms with Crippen molar-refractivity contribution in [1.82, 2.24) is 5.32 Å². The van der Waals surface area contributed by atoms with Crippen LogP contribution in [0.4, 0.5) is 4.79 Å². The molecule has 0 unspecified atom stereocenters. The number of rotatable bonds is 12. The van der Waals surface area contributed by atoms with Crippen LogP contribution in [0.5, 0.6) is 0 Å². The second kappa shape index (κ2) is 12.6. The molecule has 0 aliphatic heterocycles. The molecule has 0 radical (unpaired) electrons. The summed E-state index contributed by atoms with van der Waals surface area (Å²) in [5, 5.41) is 11.3. The van der Waals surface area contributed by atoms with Gasteiger partial charge in [-0.2, -0.15) is 0 Å². The van der Waals surface area contributed by atoms with Crippen molar-refractivity contribution in [2.45, 2.75) is 33.2 Å². The lowest BCUT2D eigenvalue weighted by Crippen LogP contribution is -2.46. The van der Waals surface area contributed by atoms with Crippen LogP contribution >= 0.6 is 11.8 Å². The number of carbonyl (C=O) groups excluding carboxylic acids is 1. The summed E-state index contributed by atoms with van der Waals surface area (Å²) < 4.78 is 17.2. The van der Waals surface area contributed by atoms with Crippen molar-refractivity contribution in [3.63, 3.8) is 0 Å². The SMILES string of the molecule is CCO[Si](CCCNC(=O)SCCO)(OCC)OCC. The van der Waals surface area contributed by atoms with E-state index in [0.717, 1.165) is 18.2 Å². The molecule has 8 heteroatoms. The number of hydrogen-bond donors (Lipinski definition) is 2. The van der Waals surface area contributed by atoms with Crippen molar-refractivity contribution in [2.75, 3.05) is 38.7 Å². The standard InChI is InChI=1S/C12H27NO5SSi/c1-4-16-20(17-5-2,18-6-3)11-7-8-13-12(15)19-10-9-14/h14H,4-11H2,1-3H3,(H,13,15). The van der Waals surface area contributed by atoms with Crippen molar-refractivity contribution in [2.24, 2.45) is 0 Å². The molecule has 0 aliphatic carbocycles. The molecule has 0 aliphatic rings. The molecule has 1 amide bonds. The molecule has 0 rings (SSSR count). The van der Waals surface area contributed by atoms with Gasteiger partial charge in [0.15, 0.2) is 0 Å². The lowest BCUT2D eigenvalue weighted by molar-refractivity contribution is 0.0708. The maximum absolute atomic E-state index is 11.4. The van der Waals surface area contributed by atoms with Gasteiger partial charge >= 0.3 is 8.80 Å². The van der Waals surface area contributed by atoms with Gasteiger partial charge in [0.25, 0.3) is 5.24 Å². The molecule has 0 aromatic rings. The predicted octanol–water partition coefficient (Wildman–Crippen LogP) is 1.86. The second-order valence-corrected chi connectivity index (χ2v) is 7.67. The Morgan fingerprint density at radius 3 is 2.15 bits per heavy atom. The lowest BCUT2D eigenvalue weighted by Gasteiger charge is -2.28. The summed E-state index contributed by atoms with van der Waals surface area (Å²) in [6.45, 7) is 8.01. The first-order valence-corrected chi connectivity index (χ1v) is 9.99. The number of carbonyl (C=O) groups is 1. The van der Waals surface area contributed by atoms with E-state index in [2.05, 4.69) is 5.32 Å². The fourth-order valence-corrected chi connectivity index (χ4v) is 4.78. The average molecular weight is 326 g/mol. The van der Waals surface area contributed by atoms with Gasteiger partial charge in [0, 0.05) is 38.2 Å². The van der Waals surface area contributed by atoms with Crippen LogP contribution in [0.3, 0.4) is 0 Å². The van der Waals surface area contributed by atoms with Crippen LogP contribution in [-0.4, -0.2) is 57.9 Å². The van der Waals surface area contributed by atoms with Gasteiger partial charge in [0.05, 0.1) is 6.61 Å². The van der Waals surface area contributed by atoms with Gasteiger partial charge in [-0.25, -0.2) is 0 Å². The molecule has 0 atom stereocenters. The third kappa shape index (κ3) is 8.93. The van der Waals surface area contributed by atoms with Crippen LogP contribution in [0.25, 0.3) is 0 Å². The molecule has 120 valence electrons. The first kappa shape index (κ1) is 19.9. The molecule has 2 N–H and O–H groups in total. The third-order valence-corrected chi connectivity index (χ3v) is 6.29. The maximum Gasteiger partial charge on any atom is 0.500 e. The third-order valence-electron chi connectivity index (χ3n) is 2.35. The molecular weight excluding hydrogens is 298 g/mol. The number of amides is 1. The molecule has 0 saturated carbocycles. The molecule has 6 nitrogen and oxygen atoms in total. The van der Waals surface area contributed by atoms with Crippen LogP contribution in [0.15, 0.2) is 0 Å². The summed E-state index contributed by atoms with van der Waals surface area (Å²) in [5.41, 5.74) is 0. The monoisotopic (exact) mass is 325 g/mol. The van der Waals surface area contributed by atoms with Gasteiger partial charge in [-0.15, -0.1) is 0 Å². The topological polar surface area (TPSA) is 77.0 Å². The van der Waals surface area contributed by atoms with Crippen molar-refractivity contribution < 1.29 is 23.2 Å². The van der Waals surface area contributed by atoms with Gasteiger partial charge in [0.2, 0.25) is 0 Å². The zero-order valence-corrected chi connectivity index (χ0v) is 14.5. The number of thioether (sulfide) groups is 1. The van der Waals surface area contributed by atoms with Gasteiger partial charge in [-0.3, -0.25) is 4.79 Å². The van der Waals surface area contributed by atoms with E-state index in [1.807, 2.05) is 20.8 Å². The van der Waals surface area contributed by atoms with E-state index in [9.17, 15) is 4.79 Å². The smallest absolute Gasteiger partial charge is 0.396 e. The molecule has 0 aromatic carbocycles. The minimum atomic E-state index is -2.59. The second-order valence-electron chi connectivity index (χ2n) is 3.87. The van der Waals surface area contributed by atoms with Crippen molar-refractivity contribution in [1.29, 1.82) is 0 Å². The molecule has 0 aromatic heterocycles. The van der Waals surface area contributed by atoms with Crippen LogP contribution in [0, 0.1) is 0 Å². The Morgan fingerprint density at radius 2 is 1.70 bits per heavy atom. The van der Waals surface area contributed by atoms with Crippen molar-refractivity contribution >= 4 is 25.8 Å². The summed E-state index contributed by atoms with van der Waals surface area (Å²) in [6, 6.07) is 0.688. The number of aliphatic hydroxyl groups is 1. The maximum atomic E-state index is 11.4. The first-order chi connectivity index (χ1) is 9.64. The Bertz CT molecular complexity index is 241. The molecule has 0 saturated heterocycles. The average Bonchev–Trinajstić information content (AvgIpc) is 2.42. The van der Waals surface area contributed by atoms with Crippen LogP contribution in [0.2, 0.25) is 6.04 Å². The summed E-state index contributed by atoms with van der Waals surface area (Å²) in [4.78, 5) is 11.4. The van der Waals surface area contributed by atoms with Crippen LogP contribution < -0.4 is 5.32 Å². The van der Waals surface area contributed by atoms with E-state index < -0.39 is 8.80 Å². The molecule has 20 heavy (non-hydrogen) atoms. The highest BCUT2D eigenvalue weighted by Gasteiger charge is 2.39. The normalized spacial score (nSPS) is 11.6. The van der Waals surface area contributed by atoms with E-state index in [4.69, 9.17) is 18.4 Å². The Hall–Kier alpha value is -0.123. The van der Waals surface area contributed by atoms with Crippen LogP contribution in [-0.2, 0) is 13.3 Å². The number of hydrogen-bond acceptors (Lipinski definition) is 6. The summed E-state index contributed by atoms with van der Waals surface area (Å²) in [5.74, 6) is 0.418. The summed E-state index contributed by atoms with van der Waals surface area (Å²) in [6.07, 6.45) is 0.748. The fourth-order valence-electron chi connectivity index (χ4n) is 1.69. The Labute approximate surface area is 126 Å². The summed E-state index contributed by atoms with van der Waals surface area (Å²) >= 11 is 1.08. The minimum absolute atomic E-state index is 0.00707. The molecule has 0 heterocycles. The van der Waals surface area contributed by atoms with E-state index in [1.54, 1.807) is 0 Å². The number of aliphatic hydroxyl groups excluding tert-OH is 1. The molecular formula is C12H27NO5SSi. The van der Waals surface area contributed by atoms with E-state index in [1.165, 1.54) is 0 Å². The Morgan fingerprint density at radius 1 is 1.15 bits per heavy atom. The van der Waals surface area contributed by atoms with Gasteiger partial charge in [-0.1, -0.05) is 11.8 Å². The van der Waals surface area contributed by atoms with E-state index in [0.29, 0.717) is 38.2 Å². The zero-order valence-electron chi connectivity index (χ0n) is 12.6. The minimum Gasteiger partial charge on any atom is -0.396 e. The van der Waals surface area contributed by atoms with E-state index >= 15 is 0 Å². The summed E-state index contributed by atoms with van der Waals surface area (Å²) in [7, 11) is -2.59.